The highest BCUT2D eigenvalue weighted by molar-refractivity contribution is 5.99. The van der Waals surface area contributed by atoms with Gasteiger partial charge in [-0.15, -0.1) is 0 Å². The van der Waals surface area contributed by atoms with E-state index in [1.807, 2.05) is 0 Å². The van der Waals surface area contributed by atoms with E-state index >= 15 is 0 Å². The van der Waals surface area contributed by atoms with Crippen molar-refractivity contribution >= 4 is 8.05 Å². The third-order valence-corrected chi connectivity index (χ3v) is 0.973. The minimum atomic E-state index is 0.204. The summed E-state index contributed by atoms with van der Waals surface area (Å²) in [6.45, 7) is 0. The van der Waals surface area contributed by atoms with E-state index in [1.165, 1.54) is 12.1 Å². The maximum Gasteiger partial charge on any atom is 0.374 e. The molecule has 9 heavy (non-hydrogen) atoms. The third-order valence-electron chi connectivity index (χ3n) is 0.973. The molecule has 0 fully saturated rings. The van der Waals surface area contributed by atoms with Crippen LogP contribution in [0.2, 0.25) is 0 Å². The van der Waals surface area contributed by atoms with Crippen LogP contribution in [0.4, 0.5) is 0 Å². The van der Waals surface area contributed by atoms with Crippen LogP contribution >= 0.6 is 0 Å². The molecule has 0 atom stereocenters. The van der Waals surface area contributed by atoms with E-state index in [9.17, 15) is 0 Å². The van der Waals surface area contributed by atoms with Gasteiger partial charge in [-0.1, -0.05) is 0 Å². The fourth-order valence-corrected chi connectivity index (χ4v) is 0.525. The summed E-state index contributed by atoms with van der Waals surface area (Å²) < 4.78 is 4.36. The summed E-state index contributed by atoms with van der Waals surface area (Å²) in [6.07, 6.45) is 0. The van der Waals surface area contributed by atoms with Gasteiger partial charge in [0.1, 0.15) is 5.75 Å². The first kappa shape index (κ1) is 6.01. The number of phenols is 1. The average Bonchev–Trinajstić information content (AvgIpc) is 1.90. The van der Waals surface area contributed by atoms with Crippen molar-refractivity contribution in [2.45, 2.75) is 0 Å². The van der Waals surface area contributed by atoms with E-state index in [4.69, 9.17) is 13.2 Å². The lowest BCUT2D eigenvalue weighted by Crippen LogP contribution is -1.82. The molecule has 1 aromatic carbocycles. The van der Waals surface area contributed by atoms with Crippen molar-refractivity contribution in [1.82, 2.24) is 0 Å². The first-order valence-electron chi connectivity index (χ1n) is 2.48. The summed E-state index contributed by atoms with van der Waals surface area (Å²) >= 11 is 0. The van der Waals surface area contributed by atoms with Crippen LogP contribution in [0.3, 0.4) is 0 Å². The van der Waals surface area contributed by atoms with Crippen molar-refractivity contribution in [2.24, 2.45) is 0 Å². The highest BCUT2D eigenvalue weighted by Crippen LogP contribution is 2.14. The molecule has 0 aliphatic rings. The Morgan fingerprint density at radius 1 is 1.22 bits per heavy atom. The first-order valence-corrected chi connectivity index (χ1v) is 2.48. The van der Waals surface area contributed by atoms with Gasteiger partial charge in [0.05, 0.1) is 5.75 Å². The van der Waals surface area contributed by atoms with E-state index in [0.717, 1.165) is 0 Å². The number of hydrogen-bond acceptors (Lipinski definition) is 2. The second kappa shape index (κ2) is 2.44. The van der Waals surface area contributed by atoms with E-state index < -0.39 is 0 Å². The van der Waals surface area contributed by atoms with Crippen molar-refractivity contribution in [3.8, 4) is 11.5 Å². The summed E-state index contributed by atoms with van der Waals surface area (Å²) in [6, 6.07) is 6.16. The smallest absolute Gasteiger partial charge is 0.374 e. The Balaban J connectivity index is 2.88. The molecule has 0 aliphatic carbocycles. The van der Waals surface area contributed by atoms with Crippen molar-refractivity contribution in [3.63, 3.8) is 0 Å². The Morgan fingerprint density at radius 3 is 2.22 bits per heavy atom. The van der Waals surface area contributed by atoms with Crippen LogP contribution in [-0.4, -0.2) is 13.2 Å². The molecule has 0 aliphatic heterocycles. The van der Waals surface area contributed by atoms with Crippen molar-refractivity contribution in [2.75, 3.05) is 0 Å². The highest BCUT2D eigenvalue weighted by atomic mass is 16.4. The molecule has 1 rings (SSSR count). The van der Waals surface area contributed by atoms with Crippen LogP contribution in [0.5, 0.6) is 11.5 Å². The zero-order valence-electron chi connectivity index (χ0n) is 4.74. The predicted molar refractivity (Wildman–Crippen MR) is 34.5 cm³/mol. The zero-order valence-corrected chi connectivity index (χ0v) is 4.74. The highest BCUT2D eigenvalue weighted by Gasteiger charge is 1.87. The molecule has 2 radical (unpaired) electrons. The SMILES string of the molecule is [B]Oc1ccc(O)cc1. The van der Waals surface area contributed by atoms with E-state index in [1.54, 1.807) is 12.1 Å². The first-order chi connectivity index (χ1) is 4.33. The molecule has 0 bridgehead atoms. The normalized spacial score (nSPS) is 8.89. The van der Waals surface area contributed by atoms with Gasteiger partial charge in [-0.05, 0) is 24.3 Å². The molecule has 2 nitrogen and oxygen atoms in total. The van der Waals surface area contributed by atoms with E-state index in [-0.39, 0.29) is 5.75 Å². The van der Waals surface area contributed by atoms with Crippen LogP contribution in [0, 0.1) is 0 Å². The number of hydrogen-bond donors (Lipinski definition) is 1. The Hall–Kier alpha value is -1.12. The fourth-order valence-electron chi connectivity index (χ4n) is 0.525. The number of aromatic hydroxyl groups is 1. The molecule has 1 N–H and O–H groups in total. The van der Waals surface area contributed by atoms with Gasteiger partial charge >= 0.3 is 8.05 Å². The summed E-state index contributed by atoms with van der Waals surface area (Å²) in [5, 5.41) is 8.76. The van der Waals surface area contributed by atoms with E-state index in [2.05, 4.69) is 4.65 Å². The lowest BCUT2D eigenvalue weighted by atomic mass is 10.3. The van der Waals surface area contributed by atoms with Gasteiger partial charge in [-0.3, -0.25) is 0 Å². The molecule has 44 valence electrons. The third kappa shape index (κ3) is 1.39. The monoisotopic (exact) mass is 120 g/mol. The minimum absolute atomic E-state index is 0.204. The molecular formula is C6H5BO2. The van der Waals surface area contributed by atoms with Gasteiger partial charge < -0.3 is 9.76 Å². The van der Waals surface area contributed by atoms with Gasteiger partial charge in [0.25, 0.3) is 0 Å². The zero-order chi connectivity index (χ0) is 6.69. The molecule has 0 unspecified atom stereocenters. The van der Waals surface area contributed by atoms with Gasteiger partial charge in [0, 0.05) is 0 Å². The van der Waals surface area contributed by atoms with Gasteiger partial charge in [-0.25, -0.2) is 0 Å². The Morgan fingerprint density at radius 2 is 1.78 bits per heavy atom. The molecule has 0 aromatic heterocycles. The van der Waals surface area contributed by atoms with Gasteiger partial charge in [0.2, 0.25) is 0 Å². The van der Waals surface area contributed by atoms with Crippen molar-refractivity contribution in [3.05, 3.63) is 24.3 Å². The van der Waals surface area contributed by atoms with Crippen molar-refractivity contribution in [1.29, 1.82) is 0 Å². The maximum atomic E-state index is 8.76. The summed E-state index contributed by atoms with van der Waals surface area (Å²) in [7, 11) is 4.82. The lowest BCUT2D eigenvalue weighted by Gasteiger charge is -1.97. The Kier molecular flexibility index (Phi) is 1.63. The lowest BCUT2D eigenvalue weighted by molar-refractivity contribution is 0.474. The predicted octanol–water partition coefficient (Wildman–Crippen LogP) is 0.855. The minimum Gasteiger partial charge on any atom is -0.568 e. The Labute approximate surface area is 54.5 Å². The standard InChI is InChI=1S/C6H5BO2/c7-9-6-3-1-5(8)2-4-6/h1-4,8H. The second-order valence-electron chi connectivity index (χ2n) is 1.61. The van der Waals surface area contributed by atoms with Crippen LogP contribution in [0.1, 0.15) is 0 Å². The molecule has 1 aromatic rings. The summed E-state index contributed by atoms with van der Waals surface area (Å²) in [5.74, 6) is 0.739. The van der Waals surface area contributed by atoms with Crippen LogP contribution in [0.25, 0.3) is 0 Å². The summed E-state index contributed by atoms with van der Waals surface area (Å²) in [4.78, 5) is 0. The van der Waals surface area contributed by atoms with Crippen LogP contribution < -0.4 is 4.65 Å². The van der Waals surface area contributed by atoms with Gasteiger partial charge in [0.15, 0.2) is 0 Å². The van der Waals surface area contributed by atoms with Crippen LogP contribution in [0.15, 0.2) is 24.3 Å². The number of rotatable bonds is 1. The maximum absolute atomic E-state index is 8.76. The average molecular weight is 120 g/mol. The molecule has 0 saturated heterocycles. The fraction of sp³-hybridized carbons (Fsp3) is 0. The molecule has 0 saturated carbocycles. The number of benzene rings is 1. The summed E-state index contributed by atoms with van der Waals surface area (Å²) in [5.41, 5.74) is 0. The largest absolute Gasteiger partial charge is 0.568 e. The second-order valence-corrected chi connectivity index (χ2v) is 1.61. The van der Waals surface area contributed by atoms with E-state index in [0.29, 0.717) is 5.75 Å². The molecular weight excluding hydrogens is 115 g/mol. The molecule has 3 heteroatoms. The number of phenolic OH excluding ortho intramolecular Hbond substituents is 1. The quantitative estimate of drug-likeness (QED) is 0.556. The van der Waals surface area contributed by atoms with Crippen molar-refractivity contribution < 1.29 is 9.76 Å². The molecule has 0 amide bonds. The topological polar surface area (TPSA) is 29.5 Å². The van der Waals surface area contributed by atoms with Gasteiger partial charge in [-0.2, -0.15) is 0 Å². The Bertz CT molecular complexity index is 183. The molecule has 0 heterocycles. The van der Waals surface area contributed by atoms with Crippen LogP contribution in [-0.2, 0) is 0 Å². The molecule has 0 spiro atoms.